The molecule has 0 saturated heterocycles. The van der Waals surface area contributed by atoms with Crippen molar-refractivity contribution in [1.82, 2.24) is 0 Å². The molecule has 2 aromatic rings. The maximum atomic E-state index is 12.8. The lowest BCUT2D eigenvalue weighted by molar-refractivity contribution is 0.103. The van der Waals surface area contributed by atoms with Crippen molar-refractivity contribution < 1.29 is 4.79 Å². The van der Waals surface area contributed by atoms with Crippen LogP contribution in [0.4, 0.5) is 0 Å². The number of carbonyl (C=O) groups excluding carboxylic acids is 1. The minimum Gasteiger partial charge on any atom is -0.289 e. The second kappa shape index (κ2) is 15.8. The van der Waals surface area contributed by atoms with Crippen LogP contribution < -0.4 is 0 Å². The van der Waals surface area contributed by atoms with Gasteiger partial charge in [-0.05, 0) is 36.8 Å². The highest BCUT2D eigenvalue weighted by Crippen LogP contribution is 2.16. The Morgan fingerprint density at radius 2 is 0.806 bits per heavy atom. The van der Waals surface area contributed by atoms with Crippen LogP contribution in [0, 0.1) is 0 Å². The molecule has 0 heterocycles. The molecule has 0 spiro atoms. The zero-order valence-electron chi connectivity index (χ0n) is 20.1. The number of benzene rings is 2. The minimum absolute atomic E-state index is 0.133. The normalized spacial score (nSPS) is 11.0. The summed E-state index contributed by atoms with van der Waals surface area (Å²) in [6.45, 7) is 4.52. The van der Waals surface area contributed by atoms with Gasteiger partial charge in [0.25, 0.3) is 0 Å². The molecule has 0 aliphatic carbocycles. The highest BCUT2D eigenvalue weighted by molar-refractivity contribution is 6.08. The number of carbonyl (C=O) groups is 1. The van der Waals surface area contributed by atoms with Crippen LogP contribution in [0.25, 0.3) is 0 Å². The Hall–Kier alpha value is -1.89. The van der Waals surface area contributed by atoms with Gasteiger partial charge in [0.2, 0.25) is 0 Å². The monoisotopic (exact) mass is 420 g/mol. The van der Waals surface area contributed by atoms with Gasteiger partial charge in [0, 0.05) is 11.1 Å². The van der Waals surface area contributed by atoms with E-state index in [4.69, 9.17) is 0 Å². The van der Waals surface area contributed by atoms with E-state index in [0.717, 1.165) is 24.0 Å². The molecule has 0 aromatic heterocycles. The maximum Gasteiger partial charge on any atom is 0.193 e. The van der Waals surface area contributed by atoms with Crippen LogP contribution in [0.3, 0.4) is 0 Å². The molecule has 0 bridgehead atoms. The van der Waals surface area contributed by atoms with Gasteiger partial charge in [-0.2, -0.15) is 0 Å². The van der Waals surface area contributed by atoms with E-state index in [0.29, 0.717) is 0 Å². The molecule has 170 valence electrons. The van der Waals surface area contributed by atoms with Gasteiger partial charge in [-0.25, -0.2) is 0 Å². The van der Waals surface area contributed by atoms with Gasteiger partial charge in [0.15, 0.2) is 5.78 Å². The van der Waals surface area contributed by atoms with Crippen molar-refractivity contribution in [3.05, 3.63) is 70.8 Å². The van der Waals surface area contributed by atoms with E-state index >= 15 is 0 Å². The first-order valence-electron chi connectivity index (χ1n) is 13.0. The van der Waals surface area contributed by atoms with E-state index in [1.54, 1.807) is 0 Å². The largest absolute Gasteiger partial charge is 0.289 e. The van der Waals surface area contributed by atoms with Crippen LogP contribution in [0.5, 0.6) is 0 Å². The molecular weight excluding hydrogens is 376 g/mol. The summed E-state index contributed by atoms with van der Waals surface area (Å²) in [5, 5.41) is 0. The Bertz CT molecular complexity index is 711. The average molecular weight is 421 g/mol. The first-order chi connectivity index (χ1) is 15.2. The Morgan fingerprint density at radius 1 is 0.484 bits per heavy atom. The highest BCUT2D eigenvalue weighted by atomic mass is 16.1. The third-order valence-electron chi connectivity index (χ3n) is 6.32. The van der Waals surface area contributed by atoms with Gasteiger partial charge in [-0.3, -0.25) is 4.79 Å². The molecule has 0 N–H and O–H groups in total. The van der Waals surface area contributed by atoms with Gasteiger partial charge >= 0.3 is 0 Å². The van der Waals surface area contributed by atoms with Crippen molar-refractivity contribution in [2.75, 3.05) is 0 Å². The van der Waals surface area contributed by atoms with E-state index in [1.165, 1.54) is 94.6 Å². The summed E-state index contributed by atoms with van der Waals surface area (Å²) < 4.78 is 0. The summed E-state index contributed by atoms with van der Waals surface area (Å²) >= 11 is 0. The molecule has 0 unspecified atom stereocenters. The Labute approximate surface area is 191 Å². The lowest BCUT2D eigenvalue weighted by Gasteiger charge is -2.06. The molecule has 2 rings (SSSR count). The van der Waals surface area contributed by atoms with E-state index in [2.05, 4.69) is 38.1 Å². The summed E-state index contributed by atoms with van der Waals surface area (Å²) in [5.74, 6) is 0.133. The molecule has 0 radical (unpaired) electrons. The number of rotatable bonds is 17. The van der Waals surface area contributed by atoms with Gasteiger partial charge in [0.1, 0.15) is 0 Å². The van der Waals surface area contributed by atoms with E-state index < -0.39 is 0 Å². The Balaban J connectivity index is 1.72. The quantitative estimate of drug-likeness (QED) is 0.184. The predicted octanol–water partition coefficient (Wildman–Crippen LogP) is 9.11. The minimum atomic E-state index is 0.133. The van der Waals surface area contributed by atoms with Crippen molar-refractivity contribution in [3.63, 3.8) is 0 Å². The predicted molar refractivity (Wildman–Crippen MR) is 135 cm³/mol. The SMILES string of the molecule is CCCCCCCCCc1ccc(C(=O)c2ccc(CCCCCCCC)cc2)cc1. The van der Waals surface area contributed by atoms with Crippen molar-refractivity contribution in [2.45, 2.75) is 110 Å². The summed E-state index contributed by atoms with van der Waals surface area (Å²) in [6.07, 6.45) is 19.5. The van der Waals surface area contributed by atoms with Gasteiger partial charge in [-0.15, -0.1) is 0 Å². The third kappa shape index (κ3) is 10.3. The topological polar surface area (TPSA) is 17.1 Å². The molecule has 0 saturated carbocycles. The first-order valence-corrected chi connectivity index (χ1v) is 13.0. The van der Waals surface area contributed by atoms with E-state index in [1.807, 2.05) is 24.3 Å². The summed E-state index contributed by atoms with van der Waals surface area (Å²) in [4.78, 5) is 12.8. The Kier molecular flexibility index (Phi) is 13.0. The van der Waals surface area contributed by atoms with Crippen molar-refractivity contribution in [3.8, 4) is 0 Å². The molecule has 0 atom stereocenters. The standard InChI is InChI=1S/C30H44O/c1-3-5-7-9-11-13-15-17-27-20-24-29(25-21-27)30(31)28-22-18-26(19-23-28)16-14-12-10-8-6-4-2/h18-25H,3-17H2,1-2H3. The number of aryl methyl sites for hydroxylation is 2. The molecule has 0 fully saturated rings. The summed E-state index contributed by atoms with van der Waals surface area (Å²) in [6, 6.07) is 16.5. The molecule has 1 nitrogen and oxygen atoms in total. The zero-order valence-corrected chi connectivity index (χ0v) is 20.1. The lowest BCUT2D eigenvalue weighted by Crippen LogP contribution is -2.02. The molecule has 0 aliphatic rings. The van der Waals surface area contributed by atoms with Crippen LogP contribution in [-0.2, 0) is 12.8 Å². The number of hydrogen-bond donors (Lipinski definition) is 0. The average Bonchev–Trinajstić information content (AvgIpc) is 2.81. The van der Waals surface area contributed by atoms with Crippen molar-refractivity contribution in [1.29, 1.82) is 0 Å². The van der Waals surface area contributed by atoms with Gasteiger partial charge in [0.05, 0.1) is 0 Å². The van der Waals surface area contributed by atoms with Crippen LogP contribution in [0.1, 0.15) is 124 Å². The van der Waals surface area contributed by atoms with Crippen LogP contribution >= 0.6 is 0 Å². The zero-order chi connectivity index (χ0) is 22.2. The highest BCUT2D eigenvalue weighted by Gasteiger charge is 2.09. The second-order valence-electron chi connectivity index (χ2n) is 9.11. The molecule has 31 heavy (non-hydrogen) atoms. The molecule has 2 aromatic carbocycles. The smallest absolute Gasteiger partial charge is 0.193 e. The summed E-state index contributed by atoms with van der Waals surface area (Å²) in [7, 11) is 0. The number of unbranched alkanes of at least 4 members (excludes halogenated alkanes) is 11. The maximum absolute atomic E-state index is 12.8. The fourth-order valence-electron chi connectivity index (χ4n) is 4.21. The van der Waals surface area contributed by atoms with Crippen LogP contribution in [0.2, 0.25) is 0 Å². The molecule has 0 aliphatic heterocycles. The summed E-state index contributed by atoms with van der Waals surface area (Å²) in [5.41, 5.74) is 4.29. The number of hydrogen-bond acceptors (Lipinski definition) is 1. The fourth-order valence-corrected chi connectivity index (χ4v) is 4.21. The van der Waals surface area contributed by atoms with Crippen molar-refractivity contribution >= 4 is 5.78 Å². The fraction of sp³-hybridized carbons (Fsp3) is 0.567. The van der Waals surface area contributed by atoms with E-state index in [9.17, 15) is 4.79 Å². The second-order valence-corrected chi connectivity index (χ2v) is 9.11. The van der Waals surface area contributed by atoms with Crippen molar-refractivity contribution in [2.24, 2.45) is 0 Å². The lowest BCUT2D eigenvalue weighted by atomic mass is 9.98. The van der Waals surface area contributed by atoms with E-state index in [-0.39, 0.29) is 5.78 Å². The first kappa shape index (κ1) is 25.4. The van der Waals surface area contributed by atoms with Crippen LogP contribution in [-0.4, -0.2) is 5.78 Å². The molecule has 1 heteroatoms. The van der Waals surface area contributed by atoms with Crippen LogP contribution in [0.15, 0.2) is 48.5 Å². The van der Waals surface area contributed by atoms with Gasteiger partial charge < -0.3 is 0 Å². The Morgan fingerprint density at radius 3 is 1.16 bits per heavy atom. The molecule has 0 amide bonds. The third-order valence-corrected chi connectivity index (χ3v) is 6.32. The van der Waals surface area contributed by atoms with Gasteiger partial charge in [-0.1, -0.05) is 133 Å². The number of ketones is 1. The molecular formula is C30H44O.